The Balaban J connectivity index is 1.53. The number of halogens is 5. The molecule has 234 valence electrons. The van der Waals surface area contributed by atoms with Crippen LogP contribution in [0, 0.1) is 6.92 Å². The largest absolute Gasteiger partial charge is 0.481 e. The van der Waals surface area contributed by atoms with Crippen molar-refractivity contribution in [3.8, 4) is 11.1 Å². The van der Waals surface area contributed by atoms with E-state index < -0.39 is 29.7 Å². The molecule has 0 aliphatic rings. The van der Waals surface area contributed by atoms with E-state index in [9.17, 15) is 31.9 Å². The molecule has 0 atom stereocenters. The van der Waals surface area contributed by atoms with Crippen molar-refractivity contribution in [2.75, 3.05) is 0 Å². The van der Waals surface area contributed by atoms with Crippen molar-refractivity contribution in [1.82, 2.24) is 4.31 Å². The van der Waals surface area contributed by atoms with Crippen LogP contribution in [0.3, 0.4) is 0 Å². The molecule has 1 heterocycles. The summed E-state index contributed by atoms with van der Waals surface area (Å²) in [5.74, 6) is -2.10. The Kier molecular flexibility index (Phi) is 9.09. The molecule has 0 saturated carbocycles. The fourth-order valence-corrected chi connectivity index (χ4v) is 6.18. The smallest absolute Gasteiger partial charge is 0.449 e. The quantitative estimate of drug-likeness (QED) is 0.122. The maximum Gasteiger partial charge on any atom is 0.449 e. The minimum Gasteiger partial charge on any atom is -0.481 e. The van der Waals surface area contributed by atoms with Gasteiger partial charge in [0.15, 0.2) is 0 Å². The molecule has 0 unspecified atom stereocenters. The van der Waals surface area contributed by atoms with E-state index >= 15 is 0 Å². The number of rotatable bonds is 10. The van der Waals surface area contributed by atoms with Crippen molar-refractivity contribution in [3.05, 3.63) is 125 Å². The molecule has 5 rings (SSSR count). The minimum absolute atomic E-state index is 0.0264. The molecule has 0 spiro atoms. The zero-order valence-electron chi connectivity index (χ0n) is 24.7. The van der Waals surface area contributed by atoms with E-state index in [1.54, 1.807) is 54.6 Å². The molecule has 0 aliphatic carbocycles. The first-order valence-corrected chi connectivity index (χ1v) is 14.8. The Bertz CT molecular complexity index is 1850. The normalized spacial score (nSPS) is 12.4. The highest BCUT2D eigenvalue weighted by molar-refractivity contribution is 7.97. The first kappa shape index (κ1) is 32.2. The number of carbonyl (C=O) groups is 1. The first-order chi connectivity index (χ1) is 21.2. The number of alkyl halides is 5. The number of nitrogens with zero attached hydrogens (tertiary/aromatic N) is 1. The molecule has 4 nitrogen and oxygen atoms in total. The molecule has 0 saturated heterocycles. The summed E-state index contributed by atoms with van der Waals surface area (Å²) in [6.07, 6.45) is -7.50. The zero-order valence-corrected chi connectivity index (χ0v) is 25.5. The van der Waals surface area contributed by atoms with Crippen LogP contribution in [0.5, 0.6) is 0 Å². The Morgan fingerprint density at radius 1 is 0.889 bits per heavy atom. The summed E-state index contributed by atoms with van der Waals surface area (Å²) in [5, 5.41) is 11.5. The van der Waals surface area contributed by atoms with Crippen LogP contribution in [0.2, 0.25) is 0 Å². The van der Waals surface area contributed by atoms with Crippen LogP contribution in [0.25, 0.3) is 21.9 Å². The summed E-state index contributed by atoms with van der Waals surface area (Å²) in [5.41, 5.74) is 1.41. The summed E-state index contributed by atoms with van der Waals surface area (Å²) in [6, 6.07) is 25.1. The van der Waals surface area contributed by atoms with Crippen LogP contribution >= 0.6 is 11.9 Å². The topological polar surface area (TPSA) is 53.7 Å². The second-order valence-electron chi connectivity index (χ2n) is 11.3. The van der Waals surface area contributed by atoms with Gasteiger partial charge in [0.05, 0.1) is 12.0 Å². The Morgan fingerprint density at radius 2 is 1.62 bits per heavy atom. The second-order valence-corrected chi connectivity index (χ2v) is 12.4. The lowest BCUT2D eigenvalue weighted by Gasteiger charge is -2.24. The molecular formula is C35H30F5NO3S. The number of furan rings is 1. The summed E-state index contributed by atoms with van der Waals surface area (Å²) in [4.78, 5) is 12.6. The van der Waals surface area contributed by atoms with Gasteiger partial charge in [-0.1, -0.05) is 72.8 Å². The predicted octanol–water partition coefficient (Wildman–Crippen LogP) is 10.4. The molecule has 45 heavy (non-hydrogen) atoms. The van der Waals surface area contributed by atoms with Gasteiger partial charge >= 0.3 is 12.1 Å². The number of aliphatic carboxylic acids is 1. The van der Waals surface area contributed by atoms with Crippen molar-refractivity contribution in [3.63, 3.8) is 0 Å². The van der Waals surface area contributed by atoms with Crippen molar-refractivity contribution >= 4 is 28.7 Å². The van der Waals surface area contributed by atoms with Gasteiger partial charge in [0, 0.05) is 17.0 Å². The number of aryl methyl sites for hydroxylation is 1. The van der Waals surface area contributed by atoms with Gasteiger partial charge < -0.3 is 9.52 Å². The van der Waals surface area contributed by atoms with Crippen molar-refractivity contribution < 1.29 is 36.3 Å². The Hall–Kier alpha value is -4.15. The third-order valence-corrected chi connectivity index (χ3v) is 8.99. The van der Waals surface area contributed by atoms with Gasteiger partial charge in [-0.2, -0.15) is 13.2 Å². The fourth-order valence-electron chi connectivity index (χ4n) is 5.03. The fraction of sp³-hybridized carbons (Fsp3) is 0.229. The van der Waals surface area contributed by atoms with E-state index in [0.717, 1.165) is 27.3 Å². The molecule has 0 aliphatic heterocycles. The van der Waals surface area contributed by atoms with Crippen LogP contribution in [0.15, 0.2) is 100 Å². The van der Waals surface area contributed by atoms with Crippen molar-refractivity contribution in [2.24, 2.45) is 0 Å². The lowest BCUT2D eigenvalue weighted by atomic mass is 9.83. The zero-order chi connectivity index (χ0) is 32.5. The van der Waals surface area contributed by atoms with E-state index in [1.165, 1.54) is 24.1 Å². The summed E-state index contributed by atoms with van der Waals surface area (Å²) in [7, 11) is 0. The number of carboxylic acid groups (broad SMARTS) is 1. The summed E-state index contributed by atoms with van der Waals surface area (Å²) >= 11 is 1.27. The highest BCUT2D eigenvalue weighted by Crippen LogP contribution is 2.39. The van der Waals surface area contributed by atoms with Gasteiger partial charge in [0.2, 0.25) is 5.76 Å². The minimum atomic E-state index is -4.65. The van der Waals surface area contributed by atoms with Gasteiger partial charge in [-0.05, 0) is 89.5 Å². The van der Waals surface area contributed by atoms with Crippen molar-refractivity contribution in [2.45, 2.75) is 56.8 Å². The molecule has 5 aromatic rings. The lowest BCUT2D eigenvalue weighted by Crippen LogP contribution is -2.28. The molecule has 0 bridgehead atoms. The van der Waals surface area contributed by atoms with Gasteiger partial charge in [0.1, 0.15) is 5.76 Å². The lowest BCUT2D eigenvalue weighted by molar-refractivity contribution is -0.153. The number of carboxylic acids is 1. The predicted molar refractivity (Wildman–Crippen MR) is 165 cm³/mol. The molecule has 0 amide bonds. The number of benzene rings is 4. The first-order valence-electron chi connectivity index (χ1n) is 14.1. The van der Waals surface area contributed by atoms with Gasteiger partial charge in [-0.3, -0.25) is 4.79 Å². The maximum absolute atomic E-state index is 14.6. The molecule has 10 heteroatoms. The van der Waals surface area contributed by atoms with Gasteiger partial charge in [-0.15, -0.1) is 0 Å². The maximum atomic E-state index is 14.6. The number of fused-ring (bicyclic) bond motifs is 1. The van der Waals surface area contributed by atoms with Crippen LogP contribution < -0.4 is 0 Å². The number of hydrogen-bond donors (Lipinski definition) is 1. The molecule has 1 aromatic heterocycles. The molecular weight excluding hydrogens is 609 g/mol. The second kappa shape index (κ2) is 12.7. The molecule has 1 N–H and O–H groups in total. The molecule has 4 aromatic carbocycles. The Morgan fingerprint density at radius 3 is 2.31 bits per heavy atom. The highest BCUT2D eigenvalue weighted by Gasteiger charge is 2.35. The highest BCUT2D eigenvalue weighted by atomic mass is 32.2. The number of hydrogen-bond acceptors (Lipinski definition) is 4. The van der Waals surface area contributed by atoms with Crippen LogP contribution in [-0.2, 0) is 29.5 Å². The third kappa shape index (κ3) is 7.07. The van der Waals surface area contributed by atoms with Crippen LogP contribution in [0.4, 0.5) is 22.0 Å². The van der Waals surface area contributed by atoms with Crippen molar-refractivity contribution in [1.29, 1.82) is 0 Å². The summed E-state index contributed by atoms with van der Waals surface area (Å²) in [6.45, 7) is 4.95. The van der Waals surface area contributed by atoms with E-state index in [0.29, 0.717) is 22.3 Å². The van der Waals surface area contributed by atoms with Crippen LogP contribution in [0.1, 0.15) is 54.0 Å². The van der Waals surface area contributed by atoms with E-state index in [-0.39, 0.29) is 24.4 Å². The molecule has 0 fully saturated rings. The van der Waals surface area contributed by atoms with Crippen LogP contribution in [-0.4, -0.2) is 15.4 Å². The van der Waals surface area contributed by atoms with Gasteiger partial charge in [-0.25, -0.2) is 13.1 Å². The van der Waals surface area contributed by atoms with E-state index in [4.69, 9.17) is 4.42 Å². The summed E-state index contributed by atoms with van der Waals surface area (Å²) < 4.78 is 75.8. The Labute approximate surface area is 261 Å². The molecule has 0 radical (unpaired) electrons. The average molecular weight is 640 g/mol. The SMILES string of the molecule is Cc1ccc2ccccc2c1SN(Cc1ccc(C(F)(F)F)o1)Cc1ccc(-c2cccc(C(C)(C)C(=O)O)c2)cc1C(F)F. The standard InChI is InChI=1S/C35H30F5NO3S/c1-21-11-12-22-7-4-5-10-28(22)31(21)45-41(20-27-15-16-30(44-27)35(38,39)40)19-25-14-13-24(18-29(25)32(36)37)23-8-6-9-26(17-23)34(2,3)33(42)43/h4-18,32H,19-20H2,1-3H3,(H,42,43). The average Bonchev–Trinajstić information content (AvgIpc) is 3.48. The van der Waals surface area contributed by atoms with E-state index in [2.05, 4.69) is 0 Å². The monoisotopic (exact) mass is 639 g/mol. The van der Waals surface area contributed by atoms with E-state index in [1.807, 2.05) is 43.3 Å². The van der Waals surface area contributed by atoms with Gasteiger partial charge in [0.25, 0.3) is 6.43 Å². The third-order valence-electron chi connectivity index (χ3n) is 7.75.